The third-order valence-electron chi connectivity index (χ3n) is 4.14. The molecule has 112 valence electrons. The fourth-order valence-electron chi connectivity index (χ4n) is 2.99. The molecule has 0 bridgehead atoms. The van der Waals surface area contributed by atoms with E-state index in [4.69, 9.17) is 10.5 Å². The number of nitrogens with zero attached hydrogens (tertiary/aromatic N) is 1. The zero-order valence-corrected chi connectivity index (χ0v) is 12.6. The summed E-state index contributed by atoms with van der Waals surface area (Å²) in [5.74, 6) is 0. The molecule has 4 nitrogen and oxygen atoms in total. The van der Waals surface area contributed by atoms with Crippen LogP contribution in [0.4, 0.5) is 11.4 Å². The van der Waals surface area contributed by atoms with Gasteiger partial charge in [-0.2, -0.15) is 0 Å². The Morgan fingerprint density at radius 3 is 2.90 bits per heavy atom. The first-order chi connectivity index (χ1) is 10.2. The molecule has 4 heteroatoms. The van der Waals surface area contributed by atoms with E-state index in [0.717, 1.165) is 41.0 Å². The molecule has 0 amide bonds. The molecule has 0 radical (unpaired) electrons. The fraction of sp³-hybridized carbons (Fsp3) is 0.471. The van der Waals surface area contributed by atoms with E-state index in [0.29, 0.717) is 6.10 Å². The highest BCUT2D eigenvalue weighted by Gasteiger charge is 2.14. The number of nitrogens with two attached hydrogens (primary N) is 1. The fourth-order valence-corrected chi connectivity index (χ4v) is 2.99. The minimum atomic E-state index is 0.474. The quantitative estimate of drug-likeness (QED) is 0.652. The Morgan fingerprint density at radius 2 is 2.10 bits per heavy atom. The second-order valence-electron chi connectivity index (χ2n) is 5.78. The van der Waals surface area contributed by atoms with Gasteiger partial charge >= 0.3 is 0 Å². The molecule has 21 heavy (non-hydrogen) atoms. The Kier molecular flexibility index (Phi) is 4.25. The largest absolute Gasteiger partial charge is 0.398 e. The van der Waals surface area contributed by atoms with Crippen LogP contribution >= 0.6 is 0 Å². The number of pyridine rings is 1. The number of fused-ring (bicyclic) bond motifs is 1. The smallest absolute Gasteiger partial charge is 0.0642 e. The lowest BCUT2D eigenvalue weighted by atomic mass is 10.1. The first-order valence-corrected chi connectivity index (χ1v) is 7.74. The van der Waals surface area contributed by atoms with E-state index in [2.05, 4.69) is 16.4 Å². The number of anilines is 2. The van der Waals surface area contributed by atoms with Crippen LogP contribution in [0.1, 0.15) is 31.4 Å². The topological polar surface area (TPSA) is 60.2 Å². The van der Waals surface area contributed by atoms with Crippen LogP contribution in [0, 0.1) is 6.92 Å². The van der Waals surface area contributed by atoms with Crippen molar-refractivity contribution in [3.8, 4) is 0 Å². The Bertz CT molecular complexity index is 621. The average molecular weight is 285 g/mol. The van der Waals surface area contributed by atoms with Crippen molar-refractivity contribution in [2.45, 2.75) is 38.7 Å². The maximum Gasteiger partial charge on any atom is 0.0642 e. The number of nitrogen functional groups attached to an aromatic ring is 1. The molecule has 1 aromatic carbocycles. The van der Waals surface area contributed by atoms with Gasteiger partial charge in [0.1, 0.15) is 0 Å². The minimum Gasteiger partial charge on any atom is -0.398 e. The molecule has 3 rings (SSSR count). The monoisotopic (exact) mass is 285 g/mol. The predicted octanol–water partition coefficient (Wildman–Crippen LogP) is 3.50. The maximum absolute atomic E-state index is 6.02. The number of aryl methyl sites for hydroxylation is 1. The predicted molar refractivity (Wildman–Crippen MR) is 87.6 cm³/mol. The highest BCUT2D eigenvalue weighted by atomic mass is 16.5. The normalized spacial score (nSPS) is 15.7. The van der Waals surface area contributed by atoms with Gasteiger partial charge in [0.25, 0.3) is 0 Å². The van der Waals surface area contributed by atoms with Crippen LogP contribution in [0.5, 0.6) is 0 Å². The summed E-state index contributed by atoms with van der Waals surface area (Å²) in [5, 5.41) is 5.59. The summed E-state index contributed by atoms with van der Waals surface area (Å²) in [6.07, 6.45) is 7.38. The van der Waals surface area contributed by atoms with Crippen molar-refractivity contribution in [1.29, 1.82) is 0 Å². The van der Waals surface area contributed by atoms with Crippen molar-refractivity contribution in [2.75, 3.05) is 24.2 Å². The summed E-state index contributed by atoms with van der Waals surface area (Å²) in [7, 11) is 0. The minimum absolute atomic E-state index is 0.474. The molecule has 0 spiro atoms. The first-order valence-electron chi connectivity index (χ1n) is 7.74. The first kappa shape index (κ1) is 14.1. The van der Waals surface area contributed by atoms with E-state index < -0.39 is 0 Å². The molecule has 3 N–H and O–H groups in total. The van der Waals surface area contributed by atoms with Gasteiger partial charge in [-0.05, 0) is 38.0 Å². The molecule has 0 unspecified atom stereocenters. The summed E-state index contributed by atoms with van der Waals surface area (Å²) in [6.45, 7) is 3.56. The number of aromatic nitrogens is 1. The van der Waals surface area contributed by atoms with Gasteiger partial charge in [0.15, 0.2) is 0 Å². The van der Waals surface area contributed by atoms with Crippen molar-refractivity contribution in [3.63, 3.8) is 0 Å². The second kappa shape index (κ2) is 6.31. The number of hydrogen-bond donors (Lipinski definition) is 2. The van der Waals surface area contributed by atoms with E-state index in [1.54, 1.807) is 0 Å². The maximum atomic E-state index is 6.02. The Labute approximate surface area is 125 Å². The van der Waals surface area contributed by atoms with Crippen molar-refractivity contribution in [2.24, 2.45) is 0 Å². The number of hydrogen-bond acceptors (Lipinski definition) is 4. The zero-order valence-electron chi connectivity index (χ0n) is 12.6. The molecule has 1 heterocycles. The molecule has 1 fully saturated rings. The number of benzene rings is 1. The number of rotatable bonds is 5. The van der Waals surface area contributed by atoms with Crippen molar-refractivity contribution >= 4 is 22.1 Å². The van der Waals surface area contributed by atoms with Gasteiger partial charge in [0.2, 0.25) is 0 Å². The standard InChI is InChI=1S/C17H23N3O/c1-12-10-14-15(11-20-12)16(18)6-7-17(14)19-8-9-21-13-4-2-3-5-13/h6-7,10-11,13,19H,2-5,8-9,18H2,1H3. The summed E-state index contributed by atoms with van der Waals surface area (Å²) >= 11 is 0. The van der Waals surface area contributed by atoms with Crippen molar-refractivity contribution in [1.82, 2.24) is 4.98 Å². The van der Waals surface area contributed by atoms with E-state index in [1.165, 1.54) is 25.7 Å². The molecule has 1 aromatic heterocycles. The van der Waals surface area contributed by atoms with Crippen LogP contribution in [0.15, 0.2) is 24.4 Å². The van der Waals surface area contributed by atoms with Crippen LogP contribution in [0.2, 0.25) is 0 Å². The van der Waals surface area contributed by atoms with E-state index in [9.17, 15) is 0 Å². The SMILES string of the molecule is Cc1cc2c(NCCOC3CCCC3)ccc(N)c2cn1. The van der Waals surface area contributed by atoms with E-state index in [1.807, 2.05) is 25.3 Å². The lowest BCUT2D eigenvalue weighted by Crippen LogP contribution is -2.15. The van der Waals surface area contributed by atoms with Crippen molar-refractivity contribution in [3.05, 3.63) is 30.1 Å². The molecule has 2 aromatic rings. The van der Waals surface area contributed by atoms with Gasteiger partial charge in [-0.15, -0.1) is 0 Å². The second-order valence-corrected chi connectivity index (χ2v) is 5.78. The molecule has 0 aliphatic heterocycles. The van der Waals surface area contributed by atoms with E-state index in [-0.39, 0.29) is 0 Å². The van der Waals surface area contributed by atoms with Gasteiger partial charge < -0.3 is 15.8 Å². The van der Waals surface area contributed by atoms with E-state index >= 15 is 0 Å². The van der Waals surface area contributed by atoms with Gasteiger partial charge in [-0.3, -0.25) is 4.98 Å². The summed E-state index contributed by atoms with van der Waals surface area (Å²) in [4.78, 5) is 4.33. The van der Waals surface area contributed by atoms with Gasteiger partial charge in [-0.1, -0.05) is 12.8 Å². The van der Waals surface area contributed by atoms with Crippen LogP contribution in [0.25, 0.3) is 10.8 Å². The Hall–Kier alpha value is -1.81. The van der Waals surface area contributed by atoms with Crippen LogP contribution in [-0.4, -0.2) is 24.2 Å². The highest BCUT2D eigenvalue weighted by Crippen LogP contribution is 2.28. The van der Waals surface area contributed by atoms with Gasteiger partial charge in [0, 0.05) is 40.6 Å². The Morgan fingerprint density at radius 1 is 1.29 bits per heavy atom. The van der Waals surface area contributed by atoms with Gasteiger partial charge in [0.05, 0.1) is 12.7 Å². The van der Waals surface area contributed by atoms with Crippen LogP contribution in [-0.2, 0) is 4.74 Å². The number of ether oxygens (including phenoxy) is 1. The summed E-state index contributed by atoms with van der Waals surface area (Å²) < 4.78 is 5.88. The number of nitrogens with one attached hydrogen (secondary N) is 1. The van der Waals surface area contributed by atoms with Gasteiger partial charge in [-0.25, -0.2) is 0 Å². The van der Waals surface area contributed by atoms with Crippen LogP contribution < -0.4 is 11.1 Å². The third-order valence-corrected chi connectivity index (χ3v) is 4.14. The summed E-state index contributed by atoms with van der Waals surface area (Å²) in [5.41, 5.74) is 8.88. The zero-order chi connectivity index (χ0) is 14.7. The van der Waals surface area contributed by atoms with Crippen molar-refractivity contribution < 1.29 is 4.74 Å². The molecule has 1 saturated carbocycles. The molecule has 1 aliphatic rings. The third kappa shape index (κ3) is 3.27. The highest BCUT2D eigenvalue weighted by molar-refractivity contribution is 6.00. The average Bonchev–Trinajstić information content (AvgIpc) is 2.99. The molecular weight excluding hydrogens is 262 g/mol. The summed E-state index contributed by atoms with van der Waals surface area (Å²) in [6, 6.07) is 6.04. The lowest BCUT2D eigenvalue weighted by molar-refractivity contribution is 0.0659. The Balaban J connectivity index is 1.66. The van der Waals surface area contributed by atoms with Crippen LogP contribution in [0.3, 0.4) is 0 Å². The lowest BCUT2D eigenvalue weighted by Gasteiger charge is -2.14. The molecule has 1 aliphatic carbocycles. The molecule has 0 atom stereocenters. The molecule has 0 saturated heterocycles. The molecular formula is C17H23N3O.